The van der Waals surface area contributed by atoms with Gasteiger partial charge in [0.15, 0.2) is 0 Å². The largest absolute Gasteiger partial charge is 0.408 e. The lowest BCUT2D eigenvalue weighted by molar-refractivity contribution is -0.171. The highest BCUT2D eigenvalue weighted by atomic mass is 19.4. The average Bonchev–Trinajstić information content (AvgIpc) is 2.40. The van der Waals surface area contributed by atoms with Gasteiger partial charge in [0.05, 0.1) is 0 Å². The van der Waals surface area contributed by atoms with E-state index in [0.717, 1.165) is 13.0 Å². The molecular formula is C13H20F3N3O2. The summed E-state index contributed by atoms with van der Waals surface area (Å²) in [6.45, 7) is 3.50. The van der Waals surface area contributed by atoms with Gasteiger partial charge in [-0.15, -0.1) is 0 Å². The van der Waals surface area contributed by atoms with Crippen molar-refractivity contribution in [3.05, 3.63) is 0 Å². The maximum absolute atomic E-state index is 12.5. The fourth-order valence-electron chi connectivity index (χ4n) is 2.77. The molecule has 8 heteroatoms. The maximum Gasteiger partial charge on any atom is 0.408 e. The Morgan fingerprint density at radius 3 is 2.57 bits per heavy atom. The van der Waals surface area contributed by atoms with Crippen LogP contribution in [0.3, 0.4) is 0 Å². The zero-order valence-corrected chi connectivity index (χ0v) is 11.8. The molecule has 4 atom stereocenters. The van der Waals surface area contributed by atoms with Crippen LogP contribution in [-0.2, 0) is 9.59 Å². The third kappa shape index (κ3) is 3.87. The second-order valence-electron chi connectivity index (χ2n) is 5.82. The highest BCUT2D eigenvalue weighted by Crippen LogP contribution is 2.28. The van der Waals surface area contributed by atoms with Crippen LogP contribution < -0.4 is 16.0 Å². The van der Waals surface area contributed by atoms with Gasteiger partial charge in [-0.05, 0) is 31.7 Å². The number of hydrogen-bond donors (Lipinski definition) is 3. The Morgan fingerprint density at radius 1 is 1.29 bits per heavy atom. The molecule has 5 nitrogen and oxygen atoms in total. The summed E-state index contributed by atoms with van der Waals surface area (Å²) in [7, 11) is 0. The van der Waals surface area contributed by atoms with Crippen molar-refractivity contribution in [2.45, 2.75) is 44.4 Å². The second kappa shape index (κ2) is 6.21. The Morgan fingerprint density at radius 2 is 2.00 bits per heavy atom. The number of alkyl halides is 3. The normalized spacial score (nSPS) is 34.2. The summed E-state index contributed by atoms with van der Waals surface area (Å²) < 4.78 is 37.6. The minimum atomic E-state index is -4.46. The highest BCUT2D eigenvalue weighted by Gasteiger charge is 2.46. The number of carbonyl (C=O) groups is 2. The van der Waals surface area contributed by atoms with Gasteiger partial charge in [0.1, 0.15) is 12.0 Å². The highest BCUT2D eigenvalue weighted by molar-refractivity contribution is 6.01. The zero-order chi connectivity index (χ0) is 15.6. The van der Waals surface area contributed by atoms with E-state index in [1.165, 1.54) is 0 Å². The fourth-order valence-corrected chi connectivity index (χ4v) is 2.77. The molecule has 4 unspecified atom stereocenters. The van der Waals surface area contributed by atoms with E-state index < -0.39 is 30.0 Å². The van der Waals surface area contributed by atoms with Gasteiger partial charge in [-0.3, -0.25) is 9.59 Å². The molecule has 0 radical (unpaired) electrons. The van der Waals surface area contributed by atoms with Crippen molar-refractivity contribution < 1.29 is 22.8 Å². The van der Waals surface area contributed by atoms with E-state index >= 15 is 0 Å². The van der Waals surface area contributed by atoms with Crippen LogP contribution in [0.4, 0.5) is 13.2 Å². The Hall–Kier alpha value is -1.31. The van der Waals surface area contributed by atoms with Crippen molar-refractivity contribution in [2.24, 2.45) is 11.8 Å². The molecule has 0 aromatic rings. The van der Waals surface area contributed by atoms with Crippen LogP contribution >= 0.6 is 0 Å². The predicted molar refractivity (Wildman–Crippen MR) is 69.3 cm³/mol. The van der Waals surface area contributed by atoms with Crippen LogP contribution in [0.2, 0.25) is 0 Å². The number of amides is 2. The van der Waals surface area contributed by atoms with Gasteiger partial charge in [-0.2, -0.15) is 13.2 Å². The Bertz CT molecular complexity index is 414. The summed E-state index contributed by atoms with van der Waals surface area (Å²) in [5.74, 6) is -2.06. The molecule has 21 heavy (non-hydrogen) atoms. The molecule has 0 aromatic heterocycles. The standard InChI is InChI=1S/C13H20F3N3O2/c1-7-4-5-17-6-9(7)18-11(20)8-2-3-10(13(14,15)16)19-12(8)21/h7-10,17H,2-6H2,1H3,(H,18,20)(H,19,21). The molecule has 2 heterocycles. The summed E-state index contributed by atoms with van der Waals surface area (Å²) >= 11 is 0. The average molecular weight is 307 g/mol. The lowest BCUT2D eigenvalue weighted by Gasteiger charge is -2.33. The number of halogens is 3. The van der Waals surface area contributed by atoms with E-state index in [2.05, 4.69) is 10.6 Å². The first-order valence-electron chi connectivity index (χ1n) is 7.17. The third-order valence-electron chi connectivity index (χ3n) is 4.24. The van der Waals surface area contributed by atoms with E-state index in [1.54, 1.807) is 0 Å². The number of piperidine rings is 2. The summed E-state index contributed by atoms with van der Waals surface area (Å²) in [5, 5.41) is 7.82. The second-order valence-corrected chi connectivity index (χ2v) is 5.82. The maximum atomic E-state index is 12.5. The lowest BCUT2D eigenvalue weighted by atomic mass is 9.90. The van der Waals surface area contributed by atoms with Crippen LogP contribution in [0.1, 0.15) is 26.2 Å². The summed E-state index contributed by atoms with van der Waals surface area (Å²) in [4.78, 5) is 23.8. The SMILES string of the molecule is CC1CCNCC1NC(=O)C1CCC(C(F)(F)F)NC1=O. The van der Waals surface area contributed by atoms with E-state index in [0.29, 0.717) is 6.54 Å². The molecular weight excluding hydrogens is 287 g/mol. The molecule has 2 aliphatic rings. The first-order valence-corrected chi connectivity index (χ1v) is 7.17. The van der Waals surface area contributed by atoms with Crippen LogP contribution in [-0.4, -0.2) is 43.2 Å². The smallest absolute Gasteiger partial charge is 0.351 e. The number of hydrogen-bond acceptors (Lipinski definition) is 3. The summed E-state index contributed by atoms with van der Waals surface area (Å²) in [6, 6.07) is -1.93. The van der Waals surface area contributed by atoms with Crippen molar-refractivity contribution in [3.8, 4) is 0 Å². The fraction of sp³-hybridized carbons (Fsp3) is 0.846. The van der Waals surface area contributed by atoms with Crippen molar-refractivity contribution >= 4 is 11.8 Å². The van der Waals surface area contributed by atoms with E-state index in [-0.39, 0.29) is 24.8 Å². The monoisotopic (exact) mass is 307 g/mol. The molecule has 2 fully saturated rings. The van der Waals surface area contributed by atoms with Gasteiger partial charge < -0.3 is 16.0 Å². The molecule has 0 aromatic carbocycles. The molecule has 0 spiro atoms. The number of nitrogens with one attached hydrogen (secondary N) is 3. The molecule has 2 saturated heterocycles. The minimum absolute atomic E-state index is 0.0730. The Kier molecular flexibility index (Phi) is 4.75. The molecule has 0 saturated carbocycles. The van der Waals surface area contributed by atoms with Crippen LogP contribution in [0.15, 0.2) is 0 Å². The first-order chi connectivity index (χ1) is 9.79. The number of rotatable bonds is 2. The van der Waals surface area contributed by atoms with E-state index in [9.17, 15) is 22.8 Å². The molecule has 2 rings (SSSR count). The zero-order valence-electron chi connectivity index (χ0n) is 11.8. The lowest BCUT2D eigenvalue weighted by Crippen LogP contribution is -2.57. The number of carbonyl (C=O) groups excluding carboxylic acids is 2. The Balaban J connectivity index is 1.90. The van der Waals surface area contributed by atoms with Crippen molar-refractivity contribution in [1.29, 1.82) is 0 Å². The van der Waals surface area contributed by atoms with Gasteiger partial charge in [0.2, 0.25) is 11.8 Å². The van der Waals surface area contributed by atoms with Gasteiger partial charge in [-0.1, -0.05) is 6.92 Å². The van der Waals surface area contributed by atoms with Crippen LogP contribution in [0.25, 0.3) is 0 Å². The summed E-state index contributed by atoms with van der Waals surface area (Å²) in [5.41, 5.74) is 0. The third-order valence-corrected chi connectivity index (χ3v) is 4.24. The van der Waals surface area contributed by atoms with Gasteiger partial charge in [0.25, 0.3) is 0 Å². The predicted octanol–water partition coefficient (Wildman–Crippen LogP) is 0.558. The minimum Gasteiger partial charge on any atom is -0.351 e. The van der Waals surface area contributed by atoms with Crippen molar-refractivity contribution in [3.63, 3.8) is 0 Å². The van der Waals surface area contributed by atoms with E-state index in [1.807, 2.05) is 12.2 Å². The molecule has 2 aliphatic heterocycles. The van der Waals surface area contributed by atoms with Crippen molar-refractivity contribution in [2.75, 3.05) is 13.1 Å². The van der Waals surface area contributed by atoms with Crippen LogP contribution in [0, 0.1) is 11.8 Å². The Labute approximate surface area is 121 Å². The topological polar surface area (TPSA) is 70.2 Å². The molecule has 0 bridgehead atoms. The van der Waals surface area contributed by atoms with Crippen LogP contribution in [0.5, 0.6) is 0 Å². The molecule has 3 N–H and O–H groups in total. The van der Waals surface area contributed by atoms with E-state index in [4.69, 9.17) is 0 Å². The molecule has 120 valence electrons. The molecule has 0 aliphatic carbocycles. The summed E-state index contributed by atoms with van der Waals surface area (Å²) in [6.07, 6.45) is -3.88. The first kappa shape index (κ1) is 16.1. The van der Waals surface area contributed by atoms with Gasteiger partial charge >= 0.3 is 6.18 Å². The quantitative estimate of drug-likeness (QED) is 0.653. The van der Waals surface area contributed by atoms with Crippen molar-refractivity contribution in [1.82, 2.24) is 16.0 Å². The molecule has 2 amide bonds. The van der Waals surface area contributed by atoms with Gasteiger partial charge in [0, 0.05) is 12.6 Å². The van der Waals surface area contributed by atoms with Gasteiger partial charge in [-0.25, -0.2) is 0 Å².